The van der Waals surface area contributed by atoms with E-state index in [4.69, 9.17) is 10.5 Å². The Morgan fingerprint density at radius 3 is 2.74 bits per heavy atom. The maximum absolute atomic E-state index is 13.4. The zero-order chi connectivity index (χ0) is 13.8. The molecule has 1 aromatic carbocycles. The van der Waals surface area contributed by atoms with E-state index in [-0.39, 0.29) is 24.5 Å². The zero-order valence-electron chi connectivity index (χ0n) is 10.5. The third-order valence-electron chi connectivity index (χ3n) is 2.64. The summed E-state index contributed by atoms with van der Waals surface area (Å²) < 4.78 is 19.5. The predicted octanol–water partition coefficient (Wildman–Crippen LogP) is 0.898. The van der Waals surface area contributed by atoms with Gasteiger partial charge in [-0.3, -0.25) is 4.79 Å². The zero-order valence-corrected chi connectivity index (χ0v) is 10.5. The van der Waals surface area contributed by atoms with Gasteiger partial charge in [-0.1, -0.05) is 6.07 Å². The molecule has 5 nitrogen and oxygen atoms in total. The Kier molecular flexibility index (Phi) is 3.91. The fourth-order valence-corrected chi connectivity index (χ4v) is 1.75. The van der Waals surface area contributed by atoms with Crippen LogP contribution in [0.4, 0.5) is 4.39 Å². The van der Waals surface area contributed by atoms with Crippen molar-refractivity contribution in [3.8, 4) is 5.88 Å². The normalized spacial score (nSPS) is 10.5. The van der Waals surface area contributed by atoms with E-state index in [0.29, 0.717) is 17.0 Å². The summed E-state index contributed by atoms with van der Waals surface area (Å²) in [5, 5.41) is 4.00. The van der Waals surface area contributed by atoms with Crippen molar-refractivity contribution in [3.63, 3.8) is 0 Å². The molecular formula is C13H14FN3O2. The van der Waals surface area contributed by atoms with Crippen LogP contribution in [0, 0.1) is 5.82 Å². The third kappa shape index (κ3) is 3.17. The van der Waals surface area contributed by atoms with E-state index in [1.54, 1.807) is 6.07 Å². The number of methoxy groups -OCH3 is 1. The van der Waals surface area contributed by atoms with Crippen molar-refractivity contribution in [1.29, 1.82) is 0 Å². The Morgan fingerprint density at radius 2 is 2.05 bits per heavy atom. The summed E-state index contributed by atoms with van der Waals surface area (Å²) in [6.45, 7) is 0.409. The summed E-state index contributed by atoms with van der Waals surface area (Å²) in [5.41, 5.74) is 6.51. The van der Waals surface area contributed by atoms with Crippen LogP contribution >= 0.6 is 0 Å². The molecule has 0 fully saturated rings. The van der Waals surface area contributed by atoms with Crippen LogP contribution in [0.5, 0.6) is 5.88 Å². The first-order chi connectivity index (χ1) is 9.12. The second kappa shape index (κ2) is 5.62. The van der Waals surface area contributed by atoms with E-state index in [1.165, 1.54) is 36.1 Å². The lowest BCUT2D eigenvalue weighted by molar-refractivity contribution is 0.379. The molecule has 0 unspecified atom stereocenters. The van der Waals surface area contributed by atoms with Crippen LogP contribution in [0.3, 0.4) is 0 Å². The van der Waals surface area contributed by atoms with Gasteiger partial charge in [-0.15, -0.1) is 5.10 Å². The van der Waals surface area contributed by atoms with Gasteiger partial charge in [0.1, 0.15) is 5.82 Å². The number of benzene rings is 1. The Labute approximate surface area is 109 Å². The fraction of sp³-hybridized carbons (Fsp3) is 0.231. The molecule has 2 rings (SSSR count). The summed E-state index contributed by atoms with van der Waals surface area (Å²) in [6.07, 6.45) is 0. The highest BCUT2D eigenvalue weighted by Gasteiger charge is 2.05. The van der Waals surface area contributed by atoms with Gasteiger partial charge in [-0.05, 0) is 23.3 Å². The Morgan fingerprint density at radius 1 is 1.32 bits per heavy atom. The number of nitrogens with zero attached hydrogens (tertiary/aromatic N) is 2. The molecule has 0 spiro atoms. The molecule has 0 bridgehead atoms. The van der Waals surface area contributed by atoms with Crippen LogP contribution in [-0.4, -0.2) is 16.9 Å². The fourth-order valence-electron chi connectivity index (χ4n) is 1.75. The second-order valence-electron chi connectivity index (χ2n) is 4.04. The first-order valence-electron chi connectivity index (χ1n) is 5.73. The molecule has 1 aromatic heterocycles. The minimum Gasteiger partial charge on any atom is -0.480 e. The van der Waals surface area contributed by atoms with Gasteiger partial charge in [0.25, 0.3) is 5.56 Å². The average Bonchev–Trinajstić information content (AvgIpc) is 2.40. The number of halogens is 1. The van der Waals surface area contributed by atoms with Gasteiger partial charge in [0.05, 0.1) is 13.7 Å². The van der Waals surface area contributed by atoms with Gasteiger partial charge >= 0.3 is 0 Å². The molecule has 0 saturated carbocycles. The number of hydrogen-bond donors (Lipinski definition) is 1. The van der Waals surface area contributed by atoms with Gasteiger partial charge in [0.15, 0.2) is 0 Å². The third-order valence-corrected chi connectivity index (χ3v) is 2.64. The van der Waals surface area contributed by atoms with Crippen LogP contribution in [-0.2, 0) is 13.1 Å². The van der Waals surface area contributed by atoms with Crippen molar-refractivity contribution in [2.24, 2.45) is 5.73 Å². The Hall–Kier alpha value is -2.21. The topological polar surface area (TPSA) is 70.1 Å². The van der Waals surface area contributed by atoms with Crippen LogP contribution in [0.2, 0.25) is 0 Å². The van der Waals surface area contributed by atoms with E-state index in [1.807, 2.05) is 0 Å². The molecule has 0 aliphatic rings. The van der Waals surface area contributed by atoms with Gasteiger partial charge in [0, 0.05) is 18.7 Å². The molecular weight excluding hydrogens is 249 g/mol. The lowest BCUT2D eigenvalue weighted by Gasteiger charge is -2.08. The molecule has 100 valence electrons. The standard InChI is InChI=1S/C13H14FN3O2/c1-19-12-2-3-13(18)17(16-12)8-10-4-9(7-15)5-11(14)6-10/h2-6H,7-8,15H2,1H3. The van der Waals surface area contributed by atoms with Crippen LogP contribution in [0.25, 0.3) is 0 Å². The minimum absolute atomic E-state index is 0.167. The predicted molar refractivity (Wildman–Crippen MR) is 68.4 cm³/mol. The number of rotatable bonds is 4. The summed E-state index contributed by atoms with van der Waals surface area (Å²) in [7, 11) is 1.46. The van der Waals surface area contributed by atoms with E-state index in [0.717, 1.165) is 0 Å². The molecule has 0 atom stereocenters. The van der Waals surface area contributed by atoms with Crippen molar-refractivity contribution >= 4 is 0 Å². The van der Waals surface area contributed by atoms with Gasteiger partial charge < -0.3 is 10.5 Å². The summed E-state index contributed by atoms with van der Waals surface area (Å²) >= 11 is 0. The number of nitrogens with two attached hydrogens (primary N) is 1. The monoisotopic (exact) mass is 263 g/mol. The van der Waals surface area contributed by atoms with Gasteiger partial charge in [0.2, 0.25) is 5.88 Å². The van der Waals surface area contributed by atoms with Crippen molar-refractivity contribution < 1.29 is 9.13 Å². The highest BCUT2D eigenvalue weighted by atomic mass is 19.1. The highest BCUT2D eigenvalue weighted by Crippen LogP contribution is 2.10. The number of aromatic nitrogens is 2. The minimum atomic E-state index is -0.381. The second-order valence-corrected chi connectivity index (χ2v) is 4.04. The van der Waals surface area contributed by atoms with Crippen molar-refractivity contribution in [1.82, 2.24) is 9.78 Å². The van der Waals surface area contributed by atoms with E-state index in [2.05, 4.69) is 5.10 Å². The first kappa shape index (κ1) is 13.2. The summed E-state index contributed by atoms with van der Waals surface area (Å²) in [6, 6.07) is 7.30. The molecule has 2 aromatic rings. The van der Waals surface area contributed by atoms with E-state index >= 15 is 0 Å². The SMILES string of the molecule is COc1ccc(=O)n(Cc2cc(F)cc(CN)c2)n1. The Bertz CT molecular complexity index is 640. The number of hydrogen-bond acceptors (Lipinski definition) is 4. The molecule has 2 N–H and O–H groups in total. The summed E-state index contributed by atoms with van der Waals surface area (Å²) in [5.74, 6) is -0.0519. The van der Waals surface area contributed by atoms with Crippen LogP contribution < -0.4 is 16.0 Å². The molecule has 0 saturated heterocycles. The van der Waals surface area contributed by atoms with Gasteiger partial charge in [-0.2, -0.15) is 0 Å². The Balaban J connectivity index is 2.35. The highest BCUT2D eigenvalue weighted by molar-refractivity contribution is 5.25. The lowest BCUT2D eigenvalue weighted by Crippen LogP contribution is -2.22. The molecule has 0 radical (unpaired) electrons. The van der Waals surface area contributed by atoms with Crippen molar-refractivity contribution in [2.45, 2.75) is 13.1 Å². The van der Waals surface area contributed by atoms with Crippen LogP contribution in [0.15, 0.2) is 35.1 Å². The molecule has 0 amide bonds. The molecule has 1 heterocycles. The first-order valence-corrected chi connectivity index (χ1v) is 5.73. The molecule has 0 aliphatic heterocycles. The lowest BCUT2D eigenvalue weighted by atomic mass is 10.1. The smallest absolute Gasteiger partial charge is 0.267 e. The van der Waals surface area contributed by atoms with E-state index in [9.17, 15) is 9.18 Å². The largest absolute Gasteiger partial charge is 0.480 e. The van der Waals surface area contributed by atoms with Gasteiger partial charge in [-0.25, -0.2) is 9.07 Å². The molecule has 6 heteroatoms. The quantitative estimate of drug-likeness (QED) is 0.889. The maximum atomic E-state index is 13.4. The maximum Gasteiger partial charge on any atom is 0.267 e. The molecule has 0 aliphatic carbocycles. The van der Waals surface area contributed by atoms with Crippen molar-refractivity contribution in [2.75, 3.05) is 7.11 Å². The van der Waals surface area contributed by atoms with Crippen molar-refractivity contribution in [3.05, 3.63) is 57.6 Å². The van der Waals surface area contributed by atoms with E-state index < -0.39 is 0 Å². The average molecular weight is 263 g/mol. The number of ether oxygens (including phenoxy) is 1. The summed E-state index contributed by atoms with van der Waals surface area (Å²) in [4.78, 5) is 11.7. The molecule has 19 heavy (non-hydrogen) atoms. The van der Waals surface area contributed by atoms with Crippen LogP contribution in [0.1, 0.15) is 11.1 Å².